The fraction of sp³-hybridized carbons (Fsp3) is 0.200. The van der Waals surface area contributed by atoms with Crippen molar-refractivity contribution in [2.75, 3.05) is 24.5 Å². The number of hydrogen-bond donors (Lipinski definition) is 4. The molecule has 196 valence electrons. The van der Waals surface area contributed by atoms with Crippen LogP contribution < -0.4 is 15.9 Å². The van der Waals surface area contributed by atoms with Crippen LogP contribution in [0.5, 0.6) is 5.75 Å². The highest BCUT2D eigenvalue weighted by molar-refractivity contribution is 7.90. The monoisotopic (exact) mass is 582 g/mol. The molecule has 0 bridgehead atoms. The topological polar surface area (TPSA) is 133 Å². The minimum Gasteiger partial charge on any atom is -0.508 e. The molecule has 3 aromatic carbocycles. The number of sulfone groups is 1. The predicted molar refractivity (Wildman–Crippen MR) is 148 cm³/mol. The number of carbonyl (C=O) groups is 2. The molecule has 2 unspecified atom stereocenters. The summed E-state index contributed by atoms with van der Waals surface area (Å²) in [6.07, 6.45) is 1.47. The summed E-state index contributed by atoms with van der Waals surface area (Å²) in [5, 5.41) is 26.0. The zero-order valence-corrected chi connectivity index (χ0v) is 23.1. The van der Waals surface area contributed by atoms with Crippen LogP contribution in [0, 0.1) is 0 Å². The lowest BCUT2D eigenvalue weighted by atomic mass is 10.1. The Hall–Kier alpha value is -2.84. The standard InChI is InChI=1S/C25H25Cl2N2O6PS/c1-36(18-7-4-6-17(30)13-18)14-28-16-11-20(26)23(21(27)12-16)24(31)29-22(25(32)33)10-15-5-3-8-19(9-15)37(2,34)35/h3-9,11-13,22,28,30H,10,14H2,1-2H3,(H,29,31)(H,32,33). The number of aliphatic carboxylic acids is 1. The Bertz CT molecular complexity index is 1410. The van der Waals surface area contributed by atoms with Crippen LogP contribution in [0.15, 0.2) is 65.6 Å². The van der Waals surface area contributed by atoms with E-state index in [1.54, 1.807) is 24.3 Å². The number of carboxylic acid groups (broad SMARTS) is 1. The second kappa shape index (κ2) is 12.1. The van der Waals surface area contributed by atoms with E-state index in [-0.39, 0.29) is 32.7 Å². The van der Waals surface area contributed by atoms with E-state index in [0.29, 0.717) is 17.5 Å². The third kappa shape index (κ3) is 7.82. The molecule has 0 fully saturated rings. The molecule has 8 nitrogen and oxygen atoms in total. The molecule has 0 radical (unpaired) electrons. The summed E-state index contributed by atoms with van der Waals surface area (Å²) in [7, 11) is -4.12. The van der Waals surface area contributed by atoms with Gasteiger partial charge in [-0.15, -0.1) is 0 Å². The van der Waals surface area contributed by atoms with Gasteiger partial charge in [0.1, 0.15) is 11.8 Å². The second-order valence-electron chi connectivity index (χ2n) is 8.36. The van der Waals surface area contributed by atoms with Crippen molar-refractivity contribution in [1.82, 2.24) is 5.32 Å². The minimum absolute atomic E-state index is 0.0356. The summed E-state index contributed by atoms with van der Waals surface area (Å²) >= 11 is 12.7. The first-order chi connectivity index (χ1) is 17.3. The molecule has 0 aromatic heterocycles. The number of nitrogens with one attached hydrogen (secondary N) is 2. The van der Waals surface area contributed by atoms with Crippen LogP contribution in [-0.2, 0) is 21.1 Å². The van der Waals surface area contributed by atoms with Gasteiger partial charge in [0.05, 0.1) is 20.5 Å². The van der Waals surface area contributed by atoms with E-state index in [9.17, 15) is 28.2 Å². The first-order valence-corrected chi connectivity index (χ1v) is 15.5. The van der Waals surface area contributed by atoms with Gasteiger partial charge in [-0.2, -0.15) is 0 Å². The van der Waals surface area contributed by atoms with Crippen molar-refractivity contribution < 1.29 is 28.2 Å². The Labute approximate surface area is 226 Å². The lowest BCUT2D eigenvalue weighted by Crippen LogP contribution is -2.42. The van der Waals surface area contributed by atoms with Gasteiger partial charge >= 0.3 is 5.97 Å². The molecular weight excluding hydrogens is 558 g/mol. The van der Waals surface area contributed by atoms with Crippen LogP contribution in [0.25, 0.3) is 0 Å². The van der Waals surface area contributed by atoms with Crippen molar-refractivity contribution in [1.29, 1.82) is 0 Å². The molecule has 1 amide bonds. The molecule has 4 N–H and O–H groups in total. The highest BCUT2D eigenvalue weighted by Crippen LogP contribution is 2.33. The molecule has 3 aromatic rings. The number of carboxylic acids is 1. The first kappa shape index (κ1) is 28.7. The summed E-state index contributed by atoms with van der Waals surface area (Å²) in [4.78, 5) is 24.8. The average Bonchev–Trinajstić information content (AvgIpc) is 2.81. The molecule has 0 heterocycles. The number of amides is 1. The second-order valence-corrected chi connectivity index (χ2v) is 13.4. The van der Waals surface area contributed by atoms with E-state index in [2.05, 4.69) is 10.6 Å². The summed E-state index contributed by atoms with van der Waals surface area (Å²) in [5.74, 6) is -1.88. The van der Waals surface area contributed by atoms with Crippen molar-refractivity contribution in [2.24, 2.45) is 0 Å². The third-order valence-corrected chi connectivity index (χ3v) is 8.93. The van der Waals surface area contributed by atoms with Gasteiger partial charge in [0.15, 0.2) is 9.84 Å². The number of phenols is 1. The maximum absolute atomic E-state index is 12.9. The van der Waals surface area contributed by atoms with Crippen LogP contribution in [0.4, 0.5) is 5.69 Å². The van der Waals surface area contributed by atoms with Crippen molar-refractivity contribution in [3.8, 4) is 5.75 Å². The lowest BCUT2D eigenvalue weighted by Gasteiger charge is -2.18. The van der Waals surface area contributed by atoms with Gasteiger partial charge in [-0.3, -0.25) is 4.79 Å². The van der Waals surface area contributed by atoms with Crippen LogP contribution in [0.3, 0.4) is 0 Å². The molecule has 12 heteroatoms. The quantitative estimate of drug-likeness (QED) is 0.261. The predicted octanol–water partition coefficient (Wildman–Crippen LogP) is 4.33. The molecule has 0 aliphatic rings. The number of phenolic OH excluding ortho intramolecular Hbond substituents is 1. The Morgan fingerprint density at radius 1 is 1.03 bits per heavy atom. The Morgan fingerprint density at radius 3 is 2.27 bits per heavy atom. The fourth-order valence-electron chi connectivity index (χ4n) is 3.49. The smallest absolute Gasteiger partial charge is 0.326 e. The summed E-state index contributed by atoms with van der Waals surface area (Å²) < 4.78 is 23.6. The molecule has 3 rings (SSSR count). The Balaban J connectivity index is 1.72. The molecule has 0 spiro atoms. The Morgan fingerprint density at radius 2 is 1.68 bits per heavy atom. The van der Waals surface area contributed by atoms with Crippen LogP contribution in [0.1, 0.15) is 15.9 Å². The fourth-order valence-corrected chi connectivity index (χ4v) is 6.14. The van der Waals surface area contributed by atoms with E-state index in [1.165, 1.54) is 30.3 Å². The van der Waals surface area contributed by atoms with E-state index in [1.807, 2.05) is 12.7 Å². The van der Waals surface area contributed by atoms with E-state index >= 15 is 0 Å². The number of aromatic hydroxyl groups is 1. The maximum atomic E-state index is 12.9. The first-order valence-electron chi connectivity index (χ1n) is 10.9. The molecular formula is C25H25Cl2N2O6PS. The number of benzene rings is 3. The van der Waals surface area contributed by atoms with Gasteiger partial charge in [0.2, 0.25) is 0 Å². The third-order valence-electron chi connectivity index (χ3n) is 5.43. The summed E-state index contributed by atoms with van der Waals surface area (Å²) in [5.41, 5.74) is 0.931. The number of carbonyl (C=O) groups excluding carboxylic acids is 1. The largest absolute Gasteiger partial charge is 0.508 e. The van der Waals surface area contributed by atoms with Crippen LogP contribution in [0.2, 0.25) is 10.0 Å². The lowest BCUT2D eigenvalue weighted by molar-refractivity contribution is -0.139. The normalized spacial score (nSPS) is 13.0. The van der Waals surface area contributed by atoms with Gasteiger partial charge in [0.25, 0.3) is 5.91 Å². The maximum Gasteiger partial charge on any atom is 0.326 e. The summed E-state index contributed by atoms with van der Waals surface area (Å²) in [6.45, 7) is 2.04. The van der Waals surface area contributed by atoms with E-state index in [4.69, 9.17) is 23.2 Å². The van der Waals surface area contributed by atoms with Gasteiger partial charge in [-0.05, 0) is 53.9 Å². The zero-order chi connectivity index (χ0) is 27.3. The van der Waals surface area contributed by atoms with Gasteiger partial charge < -0.3 is 20.8 Å². The summed E-state index contributed by atoms with van der Waals surface area (Å²) in [6, 6.07) is 14.6. The molecule has 0 aliphatic heterocycles. The molecule has 37 heavy (non-hydrogen) atoms. The average molecular weight is 583 g/mol. The number of hydrogen-bond acceptors (Lipinski definition) is 6. The van der Waals surface area contributed by atoms with Gasteiger partial charge in [-0.1, -0.05) is 55.4 Å². The highest BCUT2D eigenvalue weighted by atomic mass is 35.5. The molecule has 2 atom stereocenters. The van der Waals surface area contributed by atoms with Crippen LogP contribution in [-0.4, -0.2) is 55.8 Å². The van der Waals surface area contributed by atoms with Crippen molar-refractivity contribution in [3.05, 3.63) is 81.8 Å². The number of anilines is 1. The van der Waals surface area contributed by atoms with Gasteiger partial charge in [-0.25, -0.2) is 13.2 Å². The SMILES string of the molecule is CP(CNc1cc(Cl)c(C(=O)NC(Cc2cccc(S(C)(=O)=O)c2)C(=O)O)c(Cl)c1)c1cccc(O)c1. The highest BCUT2D eigenvalue weighted by Gasteiger charge is 2.25. The molecule has 0 aliphatic carbocycles. The zero-order valence-electron chi connectivity index (χ0n) is 19.9. The number of halogens is 2. The molecule has 0 saturated carbocycles. The Kier molecular flexibility index (Phi) is 9.42. The van der Waals surface area contributed by atoms with E-state index < -0.39 is 35.7 Å². The number of rotatable bonds is 10. The van der Waals surface area contributed by atoms with Crippen LogP contribution >= 0.6 is 31.1 Å². The molecule has 0 saturated heterocycles. The van der Waals surface area contributed by atoms with Crippen molar-refractivity contribution in [3.63, 3.8) is 0 Å². The van der Waals surface area contributed by atoms with Crippen molar-refractivity contribution >= 4 is 63.8 Å². The van der Waals surface area contributed by atoms with Gasteiger partial charge in [0, 0.05) is 24.6 Å². The van der Waals surface area contributed by atoms with E-state index in [0.717, 1.165) is 11.6 Å². The van der Waals surface area contributed by atoms with Crippen molar-refractivity contribution in [2.45, 2.75) is 17.4 Å². The minimum atomic E-state index is -3.48.